The number of halogens is 1. The Kier molecular flexibility index (Phi) is 9.93. The van der Waals surface area contributed by atoms with E-state index >= 15 is 0 Å². The second-order valence-electron chi connectivity index (χ2n) is 10.7. The molecule has 4 aromatic rings. The fourth-order valence-corrected chi connectivity index (χ4v) is 6.62. The van der Waals surface area contributed by atoms with Crippen molar-refractivity contribution in [3.8, 4) is 11.5 Å². The van der Waals surface area contributed by atoms with E-state index in [-0.39, 0.29) is 16.5 Å². The van der Waals surface area contributed by atoms with Crippen molar-refractivity contribution >= 4 is 57.3 Å². The molecule has 1 N–H and O–H groups in total. The van der Waals surface area contributed by atoms with Crippen LogP contribution in [0.15, 0.2) is 76.6 Å². The summed E-state index contributed by atoms with van der Waals surface area (Å²) in [6.07, 6.45) is 0.872. The van der Waals surface area contributed by atoms with Gasteiger partial charge in [0.15, 0.2) is 15.8 Å². The molecule has 1 saturated heterocycles. The van der Waals surface area contributed by atoms with E-state index in [9.17, 15) is 14.7 Å². The molecule has 8 nitrogen and oxygen atoms in total. The number of aromatic nitrogens is 2. The van der Waals surface area contributed by atoms with E-state index in [1.54, 1.807) is 30.3 Å². The SMILES string of the molecule is COc1cc(C2/C(=C(/O)c3ccc(C)cc3)C(=O)C(=O)N2c2nnc(SCc3ccc(Cl)cc3)s2)ccc1OCCC(C)C. The van der Waals surface area contributed by atoms with Gasteiger partial charge in [-0.15, -0.1) is 10.2 Å². The fourth-order valence-electron chi connectivity index (χ4n) is 4.67. The van der Waals surface area contributed by atoms with Crippen molar-refractivity contribution in [1.29, 1.82) is 0 Å². The number of nitrogens with zero attached hydrogens (tertiary/aromatic N) is 3. The van der Waals surface area contributed by atoms with Crippen molar-refractivity contribution in [2.75, 3.05) is 18.6 Å². The minimum absolute atomic E-state index is 0.0417. The van der Waals surface area contributed by atoms with Crippen LogP contribution in [0.5, 0.6) is 11.5 Å². The number of carbonyl (C=O) groups excluding carboxylic acids is 2. The Morgan fingerprint density at radius 1 is 1.05 bits per heavy atom. The third-order valence-corrected chi connectivity index (χ3v) is 9.48. The van der Waals surface area contributed by atoms with E-state index in [4.69, 9.17) is 21.1 Å². The van der Waals surface area contributed by atoms with Crippen LogP contribution in [0.4, 0.5) is 5.13 Å². The van der Waals surface area contributed by atoms with Crippen LogP contribution in [0.25, 0.3) is 5.76 Å². The molecule has 11 heteroatoms. The Bertz CT molecular complexity index is 1690. The van der Waals surface area contributed by atoms with E-state index < -0.39 is 17.7 Å². The van der Waals surface area contributed by atoms with Crippen LogP contribution < -0.4 is 14.4 Å². The molecule has 5 rings (SSSR count). The number of aliphatic hydroxyl groups excluding tert-OH is 1. The van der Waals surface area contributed by atoms with Crippen molar-refractivity contribution in [2.45, 2.75) is 43.3 Å². The molecule has 0 bridgehead atoms. The average molecular weight is 650 g/mol. The highest BCUT2D eigenvalue weighted by molar-refractivity contribution is 8.00. The third-order valence-electron chi connectivity index (χ3n) is 7.10. The van der Waals surface area contributed by atoms with Gasteiger partial charge in [0.1, 0.15) is 5.76 Å². The van der Waals surface area contributed by atoms with Crippen LogP contribution in [0.3, 0.4) is 0 Å². The van der Waals surface area contributed by atoms with Crippen molar-refractivity contribution in [2.24, 2.45) is 5.92 Å². The molecule has 1 aromatic heterocycles. The number of benzene rings is 3. The molecule has 228 valence electrons. The third kappa shape index (κ3) is 6.93. The van der Waals surface area contributed by atoms with Crippen molar-refractivity contribution in [3.05, 3.63) is 99.6 Å². The van der Waals surface area contributed by atoms with Crippen molar-refractivity contribution in [1.82, 2.24) is 10.2 Å². The van der Waals surface area contributed by atoms with Crippen molar-refractivity contribution in [3.63, 3.8) is 0 Å². The number of aryl methyl sites for hydroxylation is 1. The Hall–Kier alpha value is -3.86. The molecule has 44 heavy (non-hydrogen) atoms. The standard InChI is InChI=1S/C33H32ClN3O5S2/c1-19(2)15-16-42-25-14-11-23(17-26(25)41-4)28-27(29(38)22-9-5-20(3)6-10-22)30(39)31(40)37(28)32-35-36-33(44-32)43-18-21-7-12-24(34)13-8-21/h5-14,17,19,28,38H,15-16,18H2,1-4H3/b29-27-. The molecule has 1 amide bonds. The topological polar surface area (TPSA) is 102 Å². The van der Waals surface area contributed by atoms with Gasteiger partial charge in [0.25, 0.3) is 5.78 Å². The lowest BCUT2D eigenvalue weighted by molar-refractivity contribution is -0.132. The van der Waals surface area contributed by atoms with E-state index in [0.717, 1.165) is 17.5 Å². The molecule has 0 aliphatic carbocycles. The van der Waals surface area contributed by atoms with E-state index in [0.29, 0.717) is 50.3 Å². The molecule has 1 unspecified atom stereocenters. The van der Waals surface area contributed by atoms with E-state index in [1.807, 2.05) is 43.3 Å². The van der Waals surface area contributed by atoms with Crippen LogP contribution in [0.2, 0.25) is 5.02 Å². The molecular weight excluding hydrogens is 618 g/mol. The van der Waals surface area contributed by atoms with Gasteiger partial charge in [0.2, 0.25) is 5.13 Å². The zero-order chi connectivity index (χ0) is 31.4. The zero-order valence-electron chi connectivity index (χ0n) is 24.7. The molecule has 1 fully saturated rings. The first-order valence-electron chi connectivity index (χ1n) is 14.1. The van der Waals surface area contributed by atoms with Gasteiger partial charge in [-0.1, -0.05) is 96.6 Å². The molecule has 1 atom stereocenters. The maximum Gasteiger partial charge on any atom is 0.301 e. The summed E-state index contributed by atoms with van der Waals surface area (Å²) in [5, 5.41) is 21.0. The van der Waals surface area contributed by atoms with E-state index in [2.05, 4.69) is 24.0 Å². The monoisotopic (exact) mass is 649 g/mol. The zero-order valence-corrected chi connectivity index (χ0v) is 27.1. The maximum atomic E-state index is 13.6. The molecule has 0 spiro atoms. The summed E-state index contributed by atoms with van der Waals surface area (Å²) in [6.45, 7) is 6.68. The number of ether oxygens (including phenoxy) is 2. The minimum atomic E-state index is -0.975. The number of anilines is 1. The second kappa shape index (κ2) is 13.8. The Balaban J connectivity index is 1.54. The Labute approximate surface area is 269 Å². The molecular formula is C33H32ClN3O5S2. The van der Waals surface area contributed by atoms with Crippen LogP contribution in [0.1, 0.15) is 48.6 Å². The van der Waals surface area contributed by atoms with Gasteiger partial charge >= 0.3 is 5.91 Å². The fraction of sp³-hybridized carbons (Fsp3) is 0.273. The van der Waals surface area contributed by atoms with Crippen molar-refractivity contribution < 1.29 is 24.2 Å². The lowest BCUT2D eigenvalue weighted by atomic mass is 9.95. The largest absolute Gasteiger partial charge is 0.507 e. The molecule has 1 aliphatic heterocycles. The van der Waals surface area contributed by atoms with Gasteiger partial charge in [-0.25, -0.2) is 0 Å². The Morgan fingerprint density at radius 3 is 2.45 bits per heavy atom. The number of ketones is 1. The van der Waals surface area contributed by atoms with Crippen LogP contribution >= 0.6 is 34.7 Å². The normalized spacial score (nSPS) is 16.1. The molecule has 0 saturated carbocycles. The van der Waals surface area contributed by atoms with Crippen LogP contribution in [-0.4, -0.2) is 40.7 Å². The number of aliphatic hydroxyl groups is 1. The predicted octanol–water partition coefficient (Wildman–Crippen LogP) is 7.85. The van der Waals surface area contributed by atoms with E-state index in [1.165, 1.54) is 35.1 Å². The summed E-state index contributed by atoms with van der Waals surface area (Å²) in [7, 11) is 1.53. The van der Waals surface area contributed by atoms with Gasteiger partial charge in [-0.2, -0.15) is 0 Å². The number of amides is 1. The number of methoxy groups -OCH3 is 1. The quantitative estimate of drug-likeness (QED) is 0.0576. The van der Waals surface area contributed by atoms with Gasteiger partial charge in [-0.05, 0) is 54.7 Å². The first-order chi connectivity index (χ1) is 21.2. The molecule has 0 radical (unpaired) electrons. The number of rotatable bonds is 11. The highest BCUT2D eigenvalue weighted by Gasteiger charge is 2.48. The molecule has 2 heterocycles. The molecule has 3 aromatic carbocycles. The number of hydrogen-bond donors (Lipinski definition) is 1. The predicted molar refractivity (Wildman–Crippen MR) is 175 cm³/mol. The summed E-state index contributed by atoms with van der Waals surface area (Å²) in [5.41, 5.74) is 2.98. The summed E-state index contributed by atoms with van der Waals surface area (Å²) in [5.74, 6) is 0.210. The summed E-state index contributed by atoms with van der Waals surface area (Å²) in [6, 6.07) is 18.9. The second-order valence-corrected chi connectivity index (χ2v) is 13.4. The van der Waals surface area contributed by atoms with Gasteiger partial charge in [0.05, 0.1) is 25.3 Å². The highest BCUT2D eigenvalue weighted by atomic mass is 35.5. The summed E-state index contributed by atoms with van der Waals surface area (Å²) < 4.78 is 12.2. The number of thioether (sulfide) groups is 1. The molecule has 1 aliphatic rings. The lowest BCUT2D eigenvalue weighted by Gasteiger charge is -2.23. The summed E-state index contributed by atoms with van der Waals surface area (Å²) >= 11 is 8.67. The highest BCUT2D eigenvalue weighted by Crippen LogP contribution is 2.45. The van der Waals surface area contributed by atoms with Crippen LogP contribution in [0, 0.1) is 12.8 Å². The number of Topliss-reactive ketones (excluding diaryl/α,β-unsaturated/α-hetero) is 1. The number of carbonyl (C=O) groups is 2. The average Bonchev–Trinajstić information content (AvgIpc) is 3.58. The van der Waals surface area contributed by atoms with Gasteiger partial charge < -0.3 is 14.6 Å². The first-order valence-corrected chi connectivity index (χ1v) is 16.2. The first kappa shape index (κ1) is 31.6. The lowest BCUT2D eigenvalue weighted by Crippen LogP contribution is -2.29. The maximum absolute atomic E-state index is 13.6. The summed E-state index contributed by atoms with van der Waals surface area (Å²) in [4.78, 5) is 28.5. The van der Waals surface area contributed by atoms with Gasteiger partial charge in [-0.3, -0.25) is 14.5 Å². The number of hydrogen-bond acceptors (Lipinski definition) is 9. The van der Waals surface area contributed by atoms with Gasteiger partial charge in [0, 0.05) is 16.3 Å². The van der Waals surface area contributed by atoms with Crippen LogP contribution in [-0.2, 0) is 15.3 Å². The minimum Gasteiger partial charge on any atom is -0.507 e. The Morgan fingerprint density at radius 2 is 1.77 bits per heavy atom. The smallest absolute Gasteiger partial charge is 0.301 e.